The van der Waals surface area contributed by atoms with Crippen LogP contribution in [-0.2, 0) is 9.59 Å². The van der Waals surface area contributed by atoms with Gasteiger partial charge in [-0.05, 0) is 24.7 Å². The molecule has 3 unspecified atom stereocenters. The van der Waals surface area contributed by atoms with Crippen LogP contribution < -0.4 is 0 Å². The Balaban J connectivity index is 3.12. The molecule has 4 nitrogen and oxygen atoms in total. The van der Waals surface area contributed by atoms with Gasteiger partial charge in [-0.3, -0.25) is 4.79 Å². The van der Waals surface area contributed by atoms with Gasteiger partial charge in [-0.15, -0.1) is 0 Å². The van der Waals surface area contributed by atoms with E-state index in [0.717, 1.165) is 12.8 Å². The second kappa shape index (κ2) is 4.44. The number of carboxylic acid groups (broad SMARTS) is 1. The molecule has 0 aromatic rings. The second-order valence-corrected chi connectivity index (χ2v) is 5.10. The first kappa shape index (κ1) is 13.0. The van der Waals surface area contributed by atoms with E-state index < -0.39 is 11.5 Å². The predicted molar refractivity (Wildman–Crippen MR) is 61.0 cm³/mol. The van der Waals surface area contributed by atoms with Gasteiger partial charge in [0.15, 0.2) is 0 Å². The minimum Gasteiger partial charge on any atom is -0.479 e. The summed E-state index contributed by atoms with van der Waals surface area (Å²) in [5.74, 6) is -0.684. The fourth-order valence-corrected chi connectivity index (χ4v) is 2.80. The Labute approximate surface area is 96.6 Å². The quantitative estimate of drug-likeness (QED) is 0.781. The number of likely N-dealkylation sites (N-methyl/N-ethyl adjacent to an activating group) is 1. The Bertz CT molecular complexity index is 303. The second-order valence-electron chi connectivity index (χ2n) is 5.10. The van der Waals surface area contributed by atoms with Crippen molar-refractivity contribution in [3.8, 4) is 0 Å². The first-order chi connectivity index (χ1) is 7.32. The summed E-state index contributed by atoms with van der Waals surface area (Å²) in [4.78, 5) is 24.5. The van der Waals surface area contributed by atoms with Crippen molar-refractivity contribution in [1.82, 2.24) is 4.90 Å². The summed E-state index contributed by atoms with van der Waals surface area (Å²) >= 11 is 0. The molecular weight excluding hydrogens is 206 g/mol. The molecule has 3 atom stereocenters. The Hall–Kier alpha value is -1.06. The van der Waals surface area contributed by atoms with Gasteiger partial charge < -0.3 is 10.0 Å². The molecule has 1 amide bonds. The van der Waals surface area contributed by atoms with E-state index in [9.17, 15) is 14.7 Å². The van der Waals surface area contributed by atoms with Crippen LogP contribution >= 0.6 is 0 Å². The fourth-order valence-electron chi connectivity index (χ4n) is 2.80. The van der Waals surface area contributed by atoms with Crippen molar-refractivity contribution in [2.45, 2.75) is 45.6 Å². The van der Waals surface area contributed by atoms with Gasteiger partial charge in [0.05, 0.1) is 0 Å². The van der Waals surface area contributed by atoms with Gasteiger partial charge >= 0.3 is 5.97 Å². The molecule has 0 bridgehead atoms. The van der Waals surface area contributed by atoms with E-state index in [2.05, 4.69) is 6.92 Å². The lowest BCUT2D eigenvalue weighted by Crippen LogP contribution is -2.61. The lowest BCUT2D eigenvalue weighted by Gasteiger charge is -2.47. The highest BCUT2D eigenvalue weighted by Gasteiger charge is 2.51. The fraction of sp³-hybridized carbons (Fsp3) is 0.833. The van der Waals surface area contributed by atoms with Gasteiger partial charge in [0, 0.05) is 14.0 Å². The molecule has 0 aliphatic heterocycles. The van der Waals surface area contributed by atoms with Crippen molar-refractivity contribution < 1.29 is 14.7 Å². The van der Waals surface area contributed by atoms with E-state index in [1.165, 1.54) is 11.8 Å². The van der Waals surface area contributed by atoms with Crippen molar-refractivity contribution in [2.24, 2.45) is 11.8 Å². The lowest BCUT2D eigenvalue weighted by molar-refractivity contribution is -0.165. The topological polar surface area (TPSA) is 57.6 Å². The number of carbonyl (C=O) groups is 2. The van der Waals surface area contributed by atoms with Crippen molar-refractivity contribution in [2.75, 3.05) is 7.05 Å². The molecule has 1 aliphatic carbocycles. The van der Waals surface area contributed by atoms with E-state index in [0.29, 0.717) is 12.3 Å². The average molecular weight is 227 g/mol. The van der Waals surface area contributed by atoms with Gasteiger partial charge in [0.25, 0.3) is 0 Å². The first-order valence-electron chi connectivity index (χ1n) is 5.80. The Morgan fingerprint density at radius 1 is 1.31 bits per heavy atom. The number of carboxylic acids is 1. The number of amides is 1. The van der Waals surface area contributed by atoms with Gasteiger partial charge in [0.1, 0.15) is 5.54 Å². The zero-order valence-corrected chi connectivity index (χ0v) is 10.5. The van der Waals surface area contributed by atoms with Crippen LogP contribution in [0.4, 0.5) is 0 Å². The molecule has 1 rings (SSSR count). The van der Waals surface area contributed by atoms with E-state index in [4.69, 9.17) is 0 Å². The molecule has 1 aliphatic rings. The maximum absolute atomic E-state index is 11.6. The van der Waals surface area contributed by atoms with E-state index >= 15 is 0 Å². The molecule has 1 saturated carbocycles. The summed E-state index contributed by atoms with van der Waals surface area (Å²) in [5.41, 5.74) is -1.01. The van der Waals surface area contributed by atoms with Crippen LogP contribution in [0.25, 0.3) is 0 Å². The maximum atomic E-state index is 11.6. The van der Waals surface area contributed by atoms with Crippen LogP contribution in [0.2, 0.25) is 0 Å². The molecule has 0 saturated heterocycles. The summed E-state index contributed by atoms with van der Waals surface area (Å²) in [6, 6.07) is 0. The summed E-state index contributed by atoms with van der Waals surface area (Å²) in [5, 5.41) is 9.50. The maximum Gasteiger partial charge on any atom is 0.329 e. The monoisotopic (exact) mass is 227 g/mol. The first-order valence-corrected chi connectivity index (χ1v) is 5.80. The Kier molecular flexibility index (Phi) is 3.61. The molecule has 4 heteroatoms. The molecule has 0 heterocycles. The zero-order chi connectivity index (χ0) is 12.5. The highest BCUT2D eigenvalue weighted by atomic mass is 16.4. The van der Waals surface area contributed by atoms with E-state index in [1.807, 2.05) is 6.92 Å². The lowest BCUT2D eigenvalue weighted by atomic mass is 9.68. The van der Waals surface area contributed by atoms with Crippen LogP contribution in [0.5, 0.6) is 0 Å². The third-order valence-corrected chi connectivity index (χ3v) is 4.01. The van der Waals surface area contributed by atoms with Crippen LogP contribution in [-0.4, -0.2) is 34.5 Å². The minimum absolute atomic E-state index is 0.00935. The SMILES string of the molecule is CC(=O)N(C)C1(C(=O)O)CC(C)CCC1C. The van der Waals surface area contributed by atoms with Crippen molar-refractivity contribution in [3.63, 3.8) is 0 Å². The zero-order valence-electron chi connectivity index (χ0n) is 10.5. The molecule has 1 fully saturated rings. The standard InChI is InChI=1S/C12H21NO3/c1-8-5-6-9(2)12(7-8,11(15)16)13(4)10(3)14/h8-9H,5-7H2,1-4H3,(H,15,16). The number of carbonyl (C=O) groups excluding carboxylic acids is 1. The largest absolute Gasteiger partial charge is 0.479 e. The van der Waals surface area contributed by atoms with Gasteiger partial charge in [-0.1, -0.05) is 20.3 Å². The molecule has 0 radical (unpaired) electrons. The molecule has 0 spiro atoms. The molecule has 0 aromatic carbocycles. The van der Waals surface area contributed by atoms with E-state index in [-0.39, 0.29) is 11.8 Å². The van der Waals surface area contributed by atoms with Gasteiger partial charge in [-0.2, -0.15) is 0 Å². The Morgan fingerprint density at radius 3 is 2.31 bits per heavy atom. The van der Waals surface area contributed by atoms with Crippen LogP contribution in [0.1, 0.15) is 40.0 Å². The normalized spacial score (nSPS) is 34.5. The number of hydrogen-bond donors (Lipinski definition) is 1. The summed E-state index contributed by atoms with van der Waals surface area (Å²) in [6.07, 6.45) is 2.46. The number of hydrogen-bond acceptors (Lipinski definition) is 2. The molecule has 1 N–H and O–H groups in total. The average Bonchev–Trinajstić information content (AvgIpc) is 2.20. The number of nitrogens with zero attached hydrogens (tertiary/aromatic N) is 1. The summed E-state index contributed by atoms with van der Waals surface area (Å²) in [7, 11) is 1.60. The highest BCUT2D eigenvalue weighted by Crippen LogP contribution is 2.40. The molecule has 0 aromatic heterocycles. The van der Waals surface area contributed by atoms with Crippen molar-refractivity contribution in [3.05, 3.63) is 0 Å². The number of rotatable bonds is 2. The Morgan fingerprint density at radius 2 is 1.88 bits per heavy atom. The number of aliphatic carboxylic acids is 1. The van der Waals surface area contributed by atoms with Gasteiger partial charge in [0.2, 0.25) is 5.91 Å². The van der Waals surface area contributed by atoms with E-state index in [1.54, 1.807) is 7.05 Å². The third-order valence-electron chi connectivity index (χ3n) is 4.01. The van der Waals surface area contributed by atoms with Crippen molar-refractivity contribution in [1.29, 1.82) is 0 Å². The van der Waals surface area contributed by atoms with Crippen LogP contribution in [0.3, 0.4) is 0 Å². The van der Waals surface area contributed by atoms with Crippen LogP contribution in [0.15, 0.2) is 0 Å². The van der Waals surface area contributed by atoms with Crippen molar-refractivity contribution >= 4 is 11.9 Å². The third kappa shape index (κ3) is 1.93. The summed E-state index contributed by atoms with van der Waals surface area (Å²) < 4.78 is 0. The predicted octanol–water partition coefficient (Wildman–Crippen LogP) is 1.74. The van der Waals surface area contributed by atoms with Crippen LogP contribution in [0, 0.1) is 11.8 Å². The molecular formula is C12H21NO3. The smallest absolute Gasteiger partial charge is 0.329 e. The molecule has 92 valence electrons. The minimum atomic E-state index is -1.01. The van der Waals surface area contributed by atoms with Gasteiger partial charge in [-0.25, -0.2) is 4.79 Å². The highest BCUT2D eigenvalue weighted by molar-refractivity contribution is 5.86. The summed E-state index contributed by atoms with van der Waals surface area (Å²) in [6.45, 7) is 5.41. The molecule has 16 heavy (non-hydrogen) atoms.